The molecule has 1 aromatic rings. The molecule has 0 amide bonds. The summed E-state index contributed by atoms with van der Waals surface area (Å²) in [6.07, 6.45) is 4.63. The fraction of sp³-hybridized carbons (Fsp3) is 0.643. The fourth-order valence-electron chi connectivity index (χ4n) is 2.20. The van der Waals surface area contributed by atoms with E-state index in [0.717, 1.165) is 24.3 Å². The molecule has 17 heavy (non-hydrogen) atoms. The normalized spacial score (nSPS) is 15.6. The molecule has 1 heterocycles. The Labute approximate surface area is 104 Å². The van der Waals surface area contributed by atoms with Gasteiger partial charge in [-0.25, -0.2) is 4.98 Å². The standard InChI is InChI=1S/C14H23N3/c1-11(2)9-17(13-4-5-13)10-12-6-7-16-14(8-12)15-3/h6-8,11,13H,4-5,9-10H2,1-3H3,(H,15,16). The van der Waals surface area contributed by atoms with Gasteiger partial charge in [0.1, 0.15) is 5.82 Å². The zero-order valence-corrected chi connectivity index (χ0v) is 11.1. The maximum Gasteiger partial charge on any atom is 0.125 e. The average molecular weight is 233 g/mol. The van der Waals surface area contributed by atoms with Crippen LogP contribution in [0.4, 0.5) is 5.82 Å². The van der Waals surface area contributed by atoms with Crippen molar-refractivity contribution in [3.63, 3.8) is 0 Å². The molecule has 1 saturated carbocycles. The summed E-state index contributed by atoms with van der Waals surface area (Å²) in [6, 6.07) is 5.09. The van der Waals surface area contributed by atoms with E-state index < -0.39 is 0 Å². The first kappa shape index (κ1) is 12.4. The lowest BCUT2D eigenvalue weighted by Gasteiger charge is -2.24. The van der Waals surface area contributed by atoms with Crippen LogP contribution in [0.15, 0.2) is 18.3 Å². The molecular formula is C14H23N3. The van der Waals surface area contributed by atoms with Gasteiger partial charge in [0.15, 0.2) is 0 Å². The molecule has 3 nitrogen and oxygen atoms in total. The Hall–Kier alpha value is -1.09. The van der Waals surface area contributed by atoms with Crippen molar-refractivity contribution in [3.8, 4) is 0 Å². The van der Waals surface area contributed by atoms with E-state index in [4.69, 9.17) is 0 Å². The first-order valence-corrected chi connectivity index (χ1v) is 6.55. The Morgan fingerprint density at radius 3 is 2.82 bits per heavy atom. The van der Waals surface area contributed by atoms with Crippen molar-refractivity contribution in [2.45, 2.75) is 39.3 Å². The Morgan fingerprint density at radius 2 is 2.24 bits per heavy atom. The first-order valence-electron chi connectivity index (χ1n) is 6.55. The van der Waals surface area contributed by atoms with Gasteiger partial charge in [-0.2, -0.15) is 0 Å². The highest BCUT2D eigenvalue weighted by molar-refractivity contribution is 5.36. The molecule has 0 aliphatic heterocycles. The second-order valence-corrected chi connectivity index (χ2v) is 5.35. The minimum Gasteiger partial charge on any atom is -0.373 e. The highest BCUT2D eigenvalue weighted by atomic mass is 15.2. The second kappa shape index (κ2) is 5.50. The molecule has 0 atom stereocenters. The lowest BCUT2D eigenvalue weighted by atomic mass is 10.1. The molecule has 0 radical (unpaired) electrons. The van der Waals surface area contributed by atoms with Gasteiger partial charge in [-0.1, -0.05) is 13.8 Å². The highest BCUT2D eigenvalue weighted by Gasteiger charge is 2.29. The van der Waals surface area contributed by atoms with E-state index in [2.05, 4.69) is 41.2 Å². The third kappa shape index (κ3) is 3.70. The van der Waals surface area contributed by atoms with Gasteiger partial charge in [0.2, 0.25) is 0 Å². The molecule has 3 heteroatoms. The van der Waals surface area contributed by atoms with E-state index in [9.17, 15) is 0 Å². The third-order valence-corrected chi connectivity index (χ3v) is 3.13. The Bertz CT molecular complexity index is 358. The Kier molecular flexibility index (Phi) is 4.00. The minimum absolute atomic E-state index is 0.737. The van der Waals surface area contributed by atoms with Gasteiger partial charge in [0.05, 0.1) is 0 Å². The number of nitrogens with zero attached hydrogens (tertiary/aromatic N) is 2. The molecule has 1 aliphatic rings. The molecular weight excluding hydrogens is 210 g/mol. The summed E-state index contributed by atoms with van der Waals surface area (Å²) in [5.41, 5.74) is 1.36. The van der Waals surface area contributed by atoms with Crippen LogP contribution in [0.2, 0.25) is 0 Å². The van der Waals surface area contributed by atoms with Gasteiger partial charge in [-0.05, 0) is 36.5 Å². The van der Waals surface area contributed by atoms with Crippen LogP contribution in [0.3, 0.4) is 0 Å². The number of pyridine rings is 1. The lowest BCUT2D eigenvalue weighted by molar-refractivity contribution is 0.226. The monoisotopic (exact) mass is 233 g/mol. The summed E-state index contributed by atoms with van der Waals surface area (Å²) >= 11 is 0. The van der Waals surface area contributed by atoms with Crippen molar-refractivity contribution in [2.75, 3.05) is 18.9 Å². The topological polar surface area (TPSA) is 28.2 Å². The lowest BCUT2D eigenvalue weighted by Crippen LogP contribution is -2.29. The van der Waals surface area contributed by atoms with E-state index in [1.807, 2.05) is 13.2 Å². The molecule has 0 spiro atoms. The number of nitrogens with one attached hydrogen (secondary N) is 1. The summed E-state index contributed by atoms with van der Waals surface area (Å²) in [5, 5.41) is 3.10. The van der Waals surface area contributed by atoms with E-state index in [1.54, 1.807) is 0 Å². The van der Waals surface area contributed by atoms with Gasteiger partial charge in [-0.3, -0.25) is 4.90 Å². The second-order valence-electron chi connectivity index (χ2n) is 5.35. The van der Waals surface area contributed by atoms with Crippen LogP contribution in [0.5, 0.6) is 0 Å². The van der Waals surface area contributed by atoms with Crippen molar-refractivity contribution < 1.29 is 0 Å². The minimum atomic E-state index is 0.737. The molecule has 1 fully saturated rings. The molecule has 94 valence electrons. The number of aromatic nitrogens is 1. The van der Waals surface area contributed by atoms with E-state index in [0.29, 0.717) is 0 Å². The number of rotatable bonds is 6. The number of hydrogen-bond acceptors (Lipinski definition) is 3. The van der Waals surface area contributed by atoms with Crippen molar-refractivity contribution >= 4 is 5.82 Å². The number of anilines is 1. The predicted octanol–water partition coefficient (Wildman–Crippen LogP) is 2.74. The van der Waals surface area contributed by atoms with Gasteiger partial charge >= 0.3 is 0 Å². The molecule has 2 rings (SSSR count). The first-order chi connectivity index (χ1) is 8.19. The number of hydrogen-bond donors (Lipinski definition) is 1. The van der Waals surface area contributed by atoms with Crippen LogP contribution in [0.25, 0.3) is 0 Å². The summed E-state index contributed by atoms with van der Waals surface area (Å²) < 4.78 is 0. The SMILES string of the molecule is CNc1cc(CN(CC(C)C)C2CC2)ccn1. The Morgan fingerprint density at radius 1 is 1.47 bits per heavy atom. The average Bonchev–Trinajstić information content (AvgIpc) is 3.12. The largest absolute Gasteiger partial charge is 0.373 e. The molecule has 0 bridgehead atoms. The van der Waals surface area contributed by atoms with E-state index >= 15 is 0 Å². The van der Waals surface area contributed by atoms with Gasteiger partial charge in [0, 0.05) is 32.4 Å². The van der Waals surface area contributed by atoms with Crippen molar-refractivity contribution in [3.05, 3.63) is 23.9 Å². The van der Waals surface area contributed by atoms with E-state index in [-0.39, 0.29) is 0 Å². The molecule has 0 aromatic carbocycles. The van der Waals surface area contributed by atoms with Gasteiger partial charge in [0.25, 0.3) is 0 Å². The quantitative estimate of drug-likeness (QED) is 0.819. The molecule has 0 unspecified atom stereocenters. The van der Waals surface area contributed by atoms with Crippen LogP contribution in [0.1, 0.15) is 32.3 Å². The summed E-state index contributed by atoms with van der Waals surface area (Å²) in [7, 11) is 1.92. The van der Waals surface area contributed by atoms with Crippen molar-refractivity contribution in [1.29, 1.82) is 0 Å². The van der Waals surface area contributed by atoms with Crippen LogP contribution in [0, 0.1) is 5.92 Å². The van der Waals surface area contributed by atoms with Crippen molar-refractivity contribution in [2.24, 2.45) is 5.92 Å². The van der Waals surface area contributed by atoms with Gasteiger partial charge < -0.3 is 5.32 Å². The smallest absolute Gasteiger partial charge is 0.125 e. The maximum atomic E-state index is 4.26. The fourth-order valence-corrected chi connectivity index (χ4v) is 2.20. The zero-order valence-electron chi connectivity index (χ0n) is 11.1. The van der Waals surface area contributed by atoms with Crippen molar-refractivity contribution in [1.82, 2.24) is 9.88 Å². The summed E-state index contributed by atoms with van der Waals surface area (Å²) in [4.78, 5) is 6.87. The summed E-state index contributed by atoms with van der Waals surface area (Å²) in [6.45, 7) is 6.84. The van der Waals surface area contributed by atoms with Crippen LogP contribution < -0.4 is 5.32 Å². The highest BCUT2D eigenvalue weighted by Crippen LogP contribution is 2.29. The third-order valence-electron chi connectivity index (χ3n) is 3.13. The predicted molar refractivity (Wildman–Crippen MR) is 72.1 cm³/mol. The molecule has 1 aliphatic carbocycles. The summed E-state index contributed by atoms with van der Waals surface area (Å²) in [5.74, 6) is 1.70. The molecule has 1 N–H and O–H groups in total. The van der Waals surface area contributed by atoms with E-state index in [1.165, 1.54) is 24.9 Å². The molecule has 1 aromatic heterocycles. The van der Waals surface area contributed by atoms with Crippen LogP contribution >= 0.6 is 0 Å². The zero-order chi connectivity index (χ0) is 12.3. The Balaban J connectivity index is 2.00. The van der Waals surface area contributed by atoms with Gasteiger partial charge in [-0.15, -0.1) is 0 Å². The van der Waals surface area contributed by atoms with Crippen LogP contribution in [-0.4, -0.2) is 29.5 Å². The maximum absolute atomic E-state index is 4.26. The molecule has 0 saturated heterocycles. The van der Waals surface area contributed by atoms with Crippen LogP contribution in [-0.2, 0) is 6.54 Å².